The Balaban J connectivity index is 1.24. The van der Waals surface area contributed by atoms with Crippen LogP contribution < -0.4 is 5.32 Å². The monoisotopic (exact) mass is 345 g/mol. The predicted molar refractivity (Wildman–Crippen MR) is 102 cm³/mol. The van der Waals surface area contributed by atoms with Crippen LogP contribution >= 0.6 is 0 Å². The Labute approximate surface area is 153 Å². The van der Waals surface area contributed by atoms with E-state index in [1.54, 1.807) is 0 Å². The molecule has 26 heavy (non-hydrogen) atoms. The minimum absolute atomic E-state index is 0.609. The average molecular weight is 345 g/mol. The van der Waals surface area contributed by atoms with Crippen LogP contribution in [0.4, 0.5) is 5.69 Å². The molecule has 2 aromatic heterocycles. The molecule has 5 rings (SSSR count). The first-order valence-electron chi connectivity index (χ1n) is 9.56. The number of benzene rings is 1. The lowest BCUT2D eigenvalue weighted by Gasteiger charge is -2.11. The zero-order valence-corrected chi connectivity index (χ0v) is 14.9. The van der Waals surface area contributed by atoms with E-state index in [1.807, 2.05) is 12.4 Å². The fourth-order valence-electron chi connectivity index (χ4n) is 3.52. The van der Waals surface area contributed by atoms with Gasteiger partial charge in [-0.2, -0.15) is 0 Å². The highest BCUT2D eigenvalue weighted by atomic mass is 15.1. The normalized spacial score (nSPS) is 16.3. The van der Waals surface area contributed by atoms with E-state index < -0.39 is 0 Å². The molecule has 2 aliphatic rings. The molecule has 5 nitrogen and oxygen atoms in total. The quantitative estimate of drug-likeness (QED) is 0.754. The van der Waals surface area contributed by atoms with Gasteiger partial charge in [0.2, 0.25) is 0 Å². The van der Waals surface area contributed by atoms with Gasteiger partial charge in [-0.05, 0) is 37.8 Å². The highest BCUT2D eigenvalue weighted by molar-refractivity contribution is 5.62. The molecular formula is C21H23N5. The van der Waals surface area contributed by atoms with Crippen LogP contribution in [0.3, 0.4) is 0 Å². The van der Waals surface area contributed by atoms with Gasteiger partial charge in [-0.1, -0.05) is 12.1 Å². The summed E-state index contributed by atoms with van der Waals surface area (Å²) >= 11 is 0. The Hall–Kier alpha value is -2.69. The lowest BCUT2D eigenvalue weighted by Crippen LogP contribution is -2.08. The maximum atomic E-state index is 4.80. The number of nitrogens with zero attached hydrogens (tertiary/aromatic N) is 4. The van der Waals surface area contributed by atoms with Crippen LogP contribution in [-0.4, -0.2) is 19.5 Å². The van der Waals surface area contributed by atoms with Gasteiger partial charge in [0.25, 0.3) is 0 Å². The number of aryl methyl sites for hydroxylation is 2. The molecule has 1 aliphatic carbocycles. The van der Waals surface area contributed by atoms with E-state index in [1.165, 1.54) is 37.1 Å². The summed E-state index contributed by atoms with van der Waals surface area (Å²) in [7, 11) is 0. The molecule has 1 fully saturated rings. The number of aromatic nitrogens is 4. The first kappa shape index (κ1) is 15.6. The van der Waals surface area contributed by atoms with Crippen LogP contribution in [0.1, 0.15) is 48.8 Å². The number of rotatable bonds is 5. The van der Waals surface area contributed by atoms with Crippen LogP contribution in [0.25, 0.3) is 11.3 Å². The first-order valence-corrected chi connectivity index (χ1v) is 9.56. The Kier molecular flexibility index (Phi) is 3.92. The molecule has 132 valence electrons. The van der Waals surface area contributed by atoms with E-state index in [2.05, 4.69) is 50.3 Å². The Morgan fingerprint density at radius 2 is 1.85 bits per heavy atom. The van der Waals surface area contributed by atoms with Crippen molar-refractivity contribution < 1.29 is 0 Å². The van der Waals surface area contributed by atoms with E-state index in [0.717, 1.165) is 42.3 Å². The molecule has 0 radical (unpaired) electrons. The zero-order chi connectivity index (χ0) is 17.3. The first-order chi connectivity index (χ1) is 12.8. The lowest BCUT2D eigenvalue weighted by atomic mass is 10.1. The van der Waals surface area contributed by atoms with Gasteiger partial charge in [0.15, 0.2) is 0 Å². The lowest BCUT2D eigenvalue weighted by molar-refractivity contribution is 0.522. The third kappa shape index (κ3) is 3.21. The summed E-state index contributed by atoms with van der Waals surface area (Å²) in [6, 6.07) is 8.52. The third-order valence-electron chi connectivity index (χ3n) is 5.25. The van der Waals surface area contributed by atoms with Crippen LogP contribution in [0.2, 0.25) is 0 Å². The largest absolute Gasteiger partial charge is 0.381 e. The van der Waals surface area contributed by atoms with Crippen LogP contribution in [0.15, 0.2) is 42.9 Å². The SMILES string of the molecule is c1nc(C2CC2)ncc1CNc1ccc(-c2cn3c(n2)CCCC3)cc1. The van der Waals surface area contributed by atoms with Crippen LogP contribution in [0.5, 0.6) is 0 Å². The Morgan fingerprint density at radius 1 is 1.04 bits per heavy atom. The van der Waals surface area contributed by atoms with Gasteiger partial charge in [-0.25, -0.2) is 15.0 Å². The second-order valence-corrected chi connectivity index (χ2v) is 7.35. The smallest absolute Gasteiger partial charge is 0.131 e. The van der Waals surface area contributed by atoms with Crippen molar-refractivity contribution in [3.8, 4) is 11.3 Å². The highest BCUT2D eigenvalue weighted by Gasteiger charge is 2.26. The molecule has 1 saturated carbocycles. The summed E-state index contributed by atoms with van der Waals surface area (Å²) < 4.78 is 2.30. The fourth-order valence-corrected chi connectivity index (χ4v) is 3.52. The molecule has 0 unspecified atom stereocenters. The van der Waals surface area contributed by atoms with Crippen molar-refractivity contribution in [2.24, 2.45) is 0 Å². The van der Waals surface area contributed by atoms with E-state index in [-0.39, 0.29) is 0 Å². The molecule has 0 bridgehead atoms. The number of fused-ring (bicyclic) bond motifs is 1. The van der Waals surface area contributed by atoms with Crippen molar-refractivity contribution in [3.63, 3.8) is 0 Å². The zero-order valence-electron chi connectivity index (χ0n) is 14.9. The van der Waals surface area contributed by atoms with Gasteiger partial charge in [0, 0.05) is 60.8 Å². The molecule has 0 atom stereocenters. The van der Waals surface area contributed by atoms with E-state index in [9.17, 15) is 0 Å². The van der Waals surface area contributed by atoms with Crippen molar-refractivity contribution in [3.05, 3.63) is 60.1 Å². The molecule has 0 saturated heterocycles. The molecule has 3 heterocycles. The summed E-state index contributed by atoms with van der Waals surface area (Å²) in [6.07, 6.45) is 12.2. The Bertz CT molecular complexity index is 868. The summed E-state index contributed by atoms with van der Waals surface area (Å²) in [6.45, 7) is 1.84. The van der Waals surface area contributed by atoms with Crippen molar-refractivity contribution in [2.45, 2.75) is 51.1 Å². The number of hydrogen-bond donors (Lipinski definition) is 1. The van der Waals surface area contributed by atoms with Gasteiger partial charge < -0.3 is 9.88 Å². The standard InChI is InChI=1S/C21H23N5/c1-2-10-26-14-19(25-20(26)3-1)16-6-8-18(9-7-16)22-11-15-12-23-21(24-13-15)17-4-5-17/h6-9,12-14,17,22H,1-5,10-11H2. The number of imidazole rings is 1. The summed E-state index contributed by atoms with van der Waals surface area (Å²) in [5, 5.41) is 3.45. The molecule has 5 heteroatoms. The van der Waals surface area contributed by atoms with Crippen molar-refractivity contribution in [2.75, 3.05) is 5.32 Å². The van der Waals surface area contributed by atoms with Crippen LogP contribution in [0, 0.1) is 0 Å². The molecule has 1 N–H and O–H groups in total. The summed E-state index contributed by atoms with van der Waals surface area (Å²) in [4.78, 5) is 13.8. The molecule has 0 spiro atoms. The topological polar surface area (TPSA) is 55.6 Å². The summed E-state index contributed by atoms with van der Waals surface area (Å²) in [5.74, 6) is 2.84. The summed E-state index contributed by atoms with van der Waals surface area (Å²) in [5.41, 5.74) is 4.47. The highest BCUT2D eigenvalue weighted by Crippen LogP contribution is 2.37. The minimum Gasteiger partial charge on any atom is -0.381 e. The molecular weight excluding hydrogens is 322 g/mol. The minimum atomic E-state index is 0.609. The van der Waals surface area contributed by atoms with Gasteiger partial charge in [0.1, 0.15) is 11.6 Å². The number of nitrogens with one attached hydrogen (secondary N) is 1. The van der Waals surface area contributed by atoms with Gasteiger partial charge in [-0.3, -0.25) is 0 Å². The molecule has 1 aromatic carbocycles. The second kappa shape index (κ2) is 6.56. The van der Waals surface area contributed by atoms with E-state index >= 15 is 0 Å². The van der Waals surface area contributed by atoms with E-state index in [0.29, 0.717) is 5.92 Å². The maximum Gasteiger partial charge on any atom is 0.131 e. The molecule has 1 aliphatic heterocycles. The molecule has 3 aromatic rings. The Morgan fingerprint density at radius 3 is 2.58 bits per heavy atom. The predicted octanol–water partition coefficient (Wildman–Crippen LogP) is 4.17. The third-order valence-corrected chi connectivity index (χ3v) is 5.25. The van der Waals surface area contributed by atoms with Crippen molar-refractivity contribution in [1.29, 1.82) is 0 Å². The van der Waals surface area contributed by atoms with E-state index in [4.69, 9.17) is 4.98 Å². The van der Waals surface area contributed by atoms with Crippen LogP contribution in [-0.2, 0) is 19.5 Å². The number of hydrogen-bond acceptors (Lipinski definition) is 4. The van der Waals surface area contributed by atoms with Crippen molar-refractivity contribution in [1.82, 2.24) is 19.5 Å². The molecule has 0 amide bonds. The van der Waals surface area contributed by atoms with Gasteiger partial charge in [0.05, 0.1) is 5.69 Å². The number of anilines is 1. The van der Waals surface area contributed by atoms with Gasteiger partial charge >= 0.3 is 0 Å². The van der Waals surface area contributed by atoms with Gasteiger partial charge in [-0.15, -0.1) is 0 Å². The fraction of sp³-hybridized carbons (Fsp3) is 0.381. The second-order valence-electron chi connectivity index (χ2n) is 7.35. The maximum absolute atomic E-state index is 4.80. The van der Waals surface area contributed by atoms with Crippen molar-refractivity contribution >= 4 is 5.69 Å². The average Bonchev–Trinajstić information content (AvgIpc) is 3.45.